The maximum absolute atomic E-state index is 6.09. The summed E-state index contributed by atoms with van der Waals surface area (Å²) >= 11 is 0. The Morgan fingerprint density at radius 3 is 2.40 bits per heavy atom. The van der Waals surface area contributed by atoms with E-state index in [1.807, 2.05) is 54.6 Å². The average molecular weight is 352 g/mol. The van der Waals surface area contributed by atoms with Gasteiger partial charge < -0.3 is 11.5 Å². The van der Waals surface area contributed by atoms with Gasteiger partial charge in [-0.1, -0.05) is 24.3 Å². The van der Waals surface area contributed by atoms with Crippen molar-refractivity contribution in [2.75, 3.05) is 5.73 Å². The summed E-state index contributed by atoms with van der Waals surface area (Å²) in [6.07, 6.45) is 1.68. The highest BCUT2D eigenvalue weighted by Gasteiger charge is 2.16. The number of anilines is 1. The Hall–Kier alpha value is -2.89. The molecule has 25 heavy (non-hydrogen) atoms. The first-order valence-electron chi connectivity index (χ1n) is 7.75. The minimum Gasteiger partial charge on any atom is -0.383 e. The van der Waals surface area contributed by atoms with E-state index in [4.69, 9.17) is 16.5 Å². The van der Waals surface area contributed by atoms with Gasteiger partial charge in [0.2, 0.25) is 0 Å². The van der Waals surface area contributed by atoms with Crippen LogP contribution in [0.4, 0.5) is 5.82 Å². The highest BCUT2D eigenvalue weighted by Crippen LogP contribution is 2.30. The number of nitrogens with two attached hydrogens (primary N) is 2. The van der Waals surface area contributed by atoms with Crippen LogP contribution in [0.15, 0.2) is 66.9 Å². The van der Waals surface area contributed by atoms with Crippen molar-refractivity contribution in [2.24, 2.45) is 5.73 Å². The molecule has 0 bridgehead atoms. The van der Waals surface area contributed by atoms with Gasteiger partial charge >= 0.3 is 0 Å². The SMILES string of the molecule is Cl.NCc1ccc(-n2c(-c3cccnc3N)nc3ccccc32)cc1. The molecule has 4 rings (SSSR count). The van der Waals surface area contributed by atoms with Crippen LogP contribution in [-0.2, 0) is 6.54 Å². The van der Waals surface area contributed by atoms with Gasteiger partial charge in [0.25, 0.3) is 0 Å². The average Bonchev–Trinajstić information content (AvgIpc) is 3.01. The van der Waals surface area contributed by atoms with E-state index >= 15 is 0 Å². The second kappa shape index (κ2) is 6.93. The third-order valence-corrected chi connectivity index (χ3v) is 4.07. The number of fused-ring (bicyclic) bond motifs is 1. The lowest BCUT2D eigenvalue weighted by Gasteiger charge is -2.11. The molecular weight excluding hydrogens is 334 g/mol. The van der Waals surface area contributed by atoms with E-state index in [9.17, 15) is 0 Å². The van der Waals surface area contributed by atoms with Crippen LogP contribution in [0.1, 0.15) is 5.56 Å². The second-order valence-corrected chi connectivity index (χ2v) is 5.57. The summed E-state index contributed by atoms with van der Waals surface area (Å²) in [5, 5.41) is 0. The number of nitrogen functional groups attached to an aromatic ring is 1. The summed E-state index contributed by atoms with van der Waals surface area (Å²) in [6, 6.07) is 20.0. The van der Waals surface area contributed by atoms with Crippen molar-refractivity contribution in [1.29, 1.82) is 0 Å². The fraction of sp³-hybridized carbons (Fsp3) is 0.0526. The van der Waals surface area contributed by atoms with Gasteiger partial charge in [0, 0.05) is 18.4 Å². The van der Waals surface area contributed by atoms with Crippen LogP contribution in [0.2, 0.25) is 0 Å². The van der Waals surface area contributed by atoms with Crippen molar-refractivity contribution in [3.05, 3.63) is 72.4 Å². The summed E-state index contributed by atoms with van der Waals surface area (Å²) in [5.41, 5.74) is 16.6. The van der Waals surface area contributed by atoms with Gasteiger partial charge in [0.1, 0.15) is 11.6 Å². The van der Waals surface area contributed by atoms with Crippen molar-refractivity contribution in [3.63, 3.8) is 0 Å². The minimum absolute atomic E-state index is 0. The molecule has 0 saturated heterocycles. The molecule has 0 aliphatic carbocycles. The maximum Gasteiger partial charge on any atom is 0.149 e. The fourth-order valence-electron chi connectivity index (χ4n) is 2.86. The molecule has 0 unspecified atom stereocenters. The number of rotatable bonds is 3. The number of halogens is 1. The zero-order valence-corrected chi connectivity index (χ0v) is 14.3. The third-order valence-electron chi connectivity index (χ3n) is 4.07. The van der Waals surface area contributed by atoms with Gasteiger partial charge in [-0.05, 0) is 42.0 Å². The van der Waals surface area contributed by atoms with Crippen molar-refractivity contribution in [3.8, 4) is 17.1 Å². The van der Waals surface area contributed by atoms with Crippen molar-refractivity contribution < 1.29 is 0 Å². The summed E-state index contributed by atoms with van der Waals surface area (Å²) in [6.45, 7) is 0.521. The van der Waals surface area contributed by atoms with E-state index in [1.165, 1.54) is 0 Å². The largest absolute Gasteiger partial charge is 0.383 e. The summed E-state index contributed by atoms with van der Waals surface area (Å²) in [4.78, 5) is 8.98. The molecule has 2 heterocycles. The predicted octanol–water partition coefficient (Wildman–Crippen LogP) is 3.55. The van der Waals surface area contributed by atoms with Gasteiger partial charge in [-0.25, -0.2) is 9.97 Å². The molecular formula is C19H18ClN5. The molecule has 5 nitrogen and oxygen atoms in total. The Labute approximate surface area is 151 Å². The van der Waals surface area contributed by atoms with Gasteiger partial charge in [-0.15, -0.1) is 12.4 Å². The normalized spacial score (nSPS) is 10.6. The fourth-order valence-corrected chi connectivity index (χ4v) is 2.86. The van der Waals surface area contributed by atoms with E-state index in [1.54, 1.807) is 6.20 Å². The van der Waals surface area contributed by atoms with Crippen LogP contribution in [0.3, 0.4) is 0 Å². The first-order valence-corrected chi connectivity index (χ1v) is 7.75. The van der Waals surface area contributed by atoms with E-state index < -0.39 is 0 Å². The number of hydrogen-bond acceptors (Lipinski definition) is 4. The monoisotopic (exact) mass is 351 g/mol. The van der Waals surface area contributed by atoms with Gasteiger partial charge in [-0.2, -0.15) is 0 Å². The number of pyridine rings is 1. The Morgan fingerprint density at radius 2 is 1.68 bits per heavy atom. The molecule has 0 atom stereocenters. The molecule has 0 fully saturated rings. The molecule has 0 saturated carbocycles. The van der Waals surface area contributed by atoms with Crippen LogP contribution >= 0.6 is 12.4 Å². The number of hydrogen-bond donors (Lipinski definition) is 2. The molecule has 4 aromatic rings. The highest BCUT2D eigenvalue weighted by molar-refractivity contribution is 5.85. The Bertz CT molecular complexity index is 1010. The summed E-state index contributed by atoms with van der Waals surface area (Å²) in [7, 11) is 0. The summed E-state index contributed by atoms with van der Waals surface area (Å²) in [5.74, 6) is 1.25. The van der Waals surface area contributed by atoms with Crippen LogP contribution in [0.25, 0.3) is 28.1 Å². The van der Waals surface area contributed by atoms with Gasteiger partial charge in [0.15, 0.2) is 0 Å². The Balaban J connectivity index is 0.00000182. The number of imidazole rings is 1. The molecule has 0 amide bonds. The Kier molecular flexibility index (Phi) is 4.70. The highest BCUT2D eigenvalue weighted by atomic mass is 35.5. The van der Waals surface area contributed by atoms with Crippen LogP contribution in [0, 0.1) is 0 Å². The lowest BCUT2D eigenvalue weighted by molar-refractivity contribution is 1.05. The quantitative estimate of drug-likeness (QED) is 0.591. The van der Waals surface area contributed by atoms with Crippen molar-refractivity contribution >= 4 is 29.3 Å². The first-order chi connectivity index (χ1) is 11.8. The minimum atomic E-state index is 0. The predicted molar refractivity (Wildman–Crippen MR) is 104 cm³/mol. The molecule has 6 heteroatoms. The van der Waals surface area contributed by atoms with E-state index in [0.29, 0.717) is 12.4 Å². The zero-order valence-electron chi connectivity index (χ0n) is 13.5. The smallest absolute Gasteiger partial charge is 0.149 e. The molecule has 4 N–H and O–H groups in total. The van der Waals surface area contributed by atoms with E-state index in [-0.39, 0.29) is 12.4 Å². The second-order valence-electron chi connectivity index (χ2n) is 5.57. The Morgan fingerprint density at radius 1 is 0.920 bits per heavy atom. The van der Waals surface area contributed by atoms with Gasteiger partial charge in [0.05, 0.1) is 16.6 Å². The molecule has 2 aromatic carbocycles. The van der Waals surface area contributed by atoms with Crippen molar-refractivity contribution in [1.82, 2.24) is 14.5 Å². The molecule has 2 aromatic heterocycles. The van der Waals surface area contributed by atoms with Crippen molar-refractivity contribution in [2.45, 2.75) is 6.54 Å². The lowest BCUT2D eigenvalue weighted by Crippen LogP contribution is -2.02. The summed E-state index contributed by atoms with van der Waals surface area (Å²) < 4.78 is 2.10. The molecule has 0 aliphatic rings. The van der Waals surface area contributed by atoms with Crippen LogP contribution in [0.5, 0.6) is 0 Å². The van der Waals surface area contributed by atoms with E-state index in [2.05, 4.69) is 15.6 Å². The number of para-hydroxylation sites is 2. The molecule has 0 spiro atoms. The first kappa shape index (κ1) is 17.0. The topological polar surface area (TPSA) is 82.8 Å². The maximum atomic E-state index is 6.09. The third kappa shape index (κ3) is 2.95. The standard InChI is InChI=1S/C19H17N5.ClH/c20-12-13-7-9-14(10-8-13)24-17-6-2-1-5-16(17)23-19(24)15-4-3-11-22-18(15)21;/h1-11H,12,20H2,(H2,21,22);1H. The number of aromatic nitrogens is 3. The molecule has 0 radical (unpaired) electrons. The van der Waals surface area contributed by atoms with Crippen LogP contribution < -0.4 is 11.5 Å². The number of benzene rings is 2. The molecule has 0 aliphatic heterocycles. The zero-order chi connectivity index (χ0) is 16.5. The van der Waals surface area contributed by atoms with Crippen LogP contribution in [-0.4, -0.2) is 14.5 Å². The van der Waals surface area contributed by atoms with Gasteiger partial charge in [-0.3, -0.25) is 4.57 Å². The van der Waals surface area contributed by atoms with E-state index in [0.717, 1.165) is 33.7 Å². The number of nitrogens with zero attached hydrogens (tertiary/aromatic N) is 3. The lowest BCUT2D eigenvalue weighted by atomic mass is 10.2. The molecule has 126 valence electrons.